The highest BCUT2D eigenvalue weighted by Gasteiger charge is 2.41. The van der Waals surface area contributed by atoms with Gasteiger partial charge >= 0.3 is 0 Å². The summed E-state index contributed by atoms with van der Waals surface area (Å²) in [6.45, 7) is 2.20. The maximum atomic E-state index is 4.25. The summed E-state index contributed by atoms with van der Waals surface area (Å²) in [6, 6.07) is 0. The summed E-state index contributed by atoms with van der Waals surface area (Å²) in [5, 5.41) is 0. The predicted octanol–water partition coefficient (Wildman–Crippen LogP) is 2.29. The van der Waals surface area contributed by atoms with Crippen LogP contribution in [0.2, 0.25) is 0 Å². The van der Waals surface area contributed by atoms with Gasteiger partial charge in [0.25, 0.3) is 0 Å². The molecule has 1 heterocycles. The van der Waals surface area contributed by atoms with Gasteiger partial charge in [-0.2, -0.15) is 0 Å². The molecule has 1 saturated carbocycles. The Morgan fingerprint density at radius 1 is 1.36 bits per heavy atom. The van der Waals surface area contributed by atoms with Gasteiger partial charge in [-0.05, 0) is 28.8 Å². The topological polar surface area (TPSA) is 25.8 Å². The largest absolute Gasteiger partial charge is 0.240 e. The van der Waals surface area contributed by atoms with E-state index in [-0.39, 0.29) is 0 Å². The van der Waals surface area contributed by atoms with Crippen LogP contribution in [-0.2, 0) is 5.41 Å². The highest BCUT2D eigenvalue weighted by Crippen LogP contribution is 2.45. The van der Waals surface area contributed by atoms with Crippen molar-refractivity contribution in [3.63, 3.8) is 0 Å². The van der Waals surface area contributed by atoms with Gasteiger partial charge in [0.1, 0.15) is 5.82 Å². The van der Waals surface area contributed by atoms with Crippen molar-refractivity contribution < 1.29 is 0 Å². The molecule has 1 aliphatic rings. The van der Waals surface area contributed by atoms with E-state index in [4.69, 9.17) is 0 Å². The van der Waals surface area contributed by atoms with E-state index in [0.717, 1.165) is 10.3 Å². The first kappa shape index (κ1) is 7.22. The van der Waals surface area contributed by atoms with Crippen LogP contribution in [0.4, 0.5) is 0 Å². The molecule has 1 aromatic heterocycles. The lowest BCUT2D eigenvalue weighted by molar-refractivity contribution is 0.707. The van der Waals surface area contributed by atoms with Crippen LogP contribution >= 0.6 is 15.9 Å². The molecule has 11 heavy (non-hydrogen) atoms. The zero-order chi connectivity index (χ0) is 7.90. The maximum absolute atomic E-state index is 4.25. The van der Waals surface area contributed by atoms with Gasteiger partial charge in [-0.15, -0.1) is 0 Å². The zero-order valence-electron chi connectivity index (χ0n) is 6.34. The molecule has 0 aromatic carbocycles. The molecule has 0 radical (unpaired) electrons. The van der Waals surface area contributed by atoms with Crippen molar-refractivity contribution in [3.05, 3.63) is 22.7 Å². The molecule has 1 aromatic rings. The van der Waals surface area contributed by atoms with Crippen molar-refractivity contribution >= 4 is 15.9 Å². The Labute approximate surface area is 74.2 Å². The van der Waals surface area contributed by atoms with Crippen molar-refractivity contribution in [3.8, 4) is 0 Å². The Morgan fingerprint density at radius 3 is 2.36 bits per heavy atom. The number of hydrogen-bond acceptors (Lipinski definition) is 2. The fraction of sp³-hybridized carbons (Fsp3) is 0.500. The van der Waals surface area contributed by atoms with E-state index < -0.39 is 0 Å². The Bertz CT molecular complexity index is 264. The summed E-state index contributed by atoms with van der Waals surface area (Å²) < 4.78 is 0.950. The van der Waals surface area contributed by atoms with E-state index >= 15 is 0 Å². The number of hydrogen-bond donors (Lipinski definition) is 0. The van der Waals surface area contributed by atoms with Crippen molar-refractivity contribution in [2.24, 2.45) is 0 Å². The predicted molar refractivity (Wildman–Crippen MR) is 46.3 cm³/mol. The van der Waals surface area contributed by atoms with Crippen LogP contribution in [0.5, 0.6) is 0 Å². The third kappa shape index (κ3) is 1.29. The molecule has 0 spiro atoms. The van der Waals surface area contributed by atoms with Gasteiger partial charge in [-0.1, -0.05) is 6.92 Å². The van der Waals surface area contributed by atoms with E-state index in [0.29, 0.717) is 5.41 Å². The molecular formula is C8H9BrN2. The van der Waals surface area contributed by atoms with Gasteiger partial charge in [-0.3, -0.25) is 0 Å². The lowest BCUT2D eigenvalue weighted by atomic mass is 10.1. The Morgan fingerprint density at radius 2 is 1.91 bits per heavy atom. The third-order valence-electron chi connectivity index (χ3n) is 2.16. The highest BCUT2D eigenvalue weighted by molar-refractivity contribution is 9.10. The normalized spacial score (nSPS) is 19.8. The molecule has 2 rings (SSSR count). The molecule has 0 aliphatic heterocycles. The Hall–Kier alpha value is -0.440. The molecule has 0 N–H and O–H groups in total. The molecule has 0 amide bonds. The van der Waals surface area contributed by atoms with Crippen LogP contribution < -0.4 is 0 Å². The summed E-state index contributed by atoms with van der Waals surface area (Å²) in [6.07, 6.45) is 6.08. The van der Waals surface area contributed by atoms with E-state index in [1.807, 2.05) is 12.4 Å². The molecule has 2 nitrogen and oxygen atoms in total. The third-order valence-corrected chi connectivity index (χ3v) is 2.57. The fourth-order valence-electron chi connectivity index (χ4n) is 1.04. The van der Waals surface area contributed by atoms with Crippen molar-refractivity contribution in [2.45, 2.75) is 25.2 Å². The first-order chi connectivity index (χ1) is 5.21. The fourth-order valence-corrected chi connectivity index (χ4v) is 1.24. The highest BCUT2D eigenvalue weighted by atomic mass is 79.9. The molecule has 58 valence electrons. The molecule has 0 saturated heterocycles. The van der Waals surface area contributed by atoms with Crippen molar-refractivity contribution in [2.75, 3.05) is 0 Å². The first-order valence-corrected chi connectivity index (χ1v) is 4.48. The molecule has 0 atom stereocenters. The zero-order valence-corrected chi connectivity index (χ0v) is 7.93. The molecular weight excluding hydrogens is 204 g/mol. The average molecular weight is 213 g/mol. The molecule has 0 unspecified atom stereocenters. The second-order valence-electron chi connectivity index (χ2n) is 3.29. The molecule has 1 fully saturated rings. The molecule has 0 bridgehead atoms. The first-order valence-electron chi connectivity index (χ1n) is 3.69. The molecule has 1 aliphatic carbocycles. The lowest BCUT2D eigenvalue weighted by Gasteiger charge is -2.04. The lowest BCUT2D eigenvalue weighted by Crippen LogP contribution is -2.05. The summed E-state index contributed by atoms with van der Waals surface area (Å²) in [5.41, 5.74) is 0.292. The summed E-state index contributed by atoms with van der Waals surface area (Å²) in [5.74, 6) is 0.987. The van der Waals surface area contributed by atoms with Crippen molar-refractivity contribution in [1.29, 1.82) is 0 Å². The minimum Gasteiger partial charge on any atom is -0.240 e. The van der Waals surface area contributed by atoms with Crippen LogP contribution in [0.25, 0.3) is 0 Å². The quantitative estimate of drug-likeness (QED) is 0.715. The van der Waals surface area contributed by atoms with Gasteiger partial charge < -0.3 is 0 Å². The van der Waals surface area contributed by atoms with Crippen molar-refractivity contribution in [1.82, 2.24) is 9.97 Å². The second-order valence-corrected chi connectivity index (χ2v) is 4.20. The summed E-state index contributed by atoms with van der Waals surface area (Å²) in [7, 11) is 0. The standard InChI is InChI=1S/C8H9BrN2/c1-8(2-3-8)7-10-4-6(9)5-11-7/h4-5H,2-3H2,1H3. The van der Waals surface area contributed by atoms with Gasteiger partial charge in [0.05, 0.1) is 4.47 Å². The van der Waals surface area contributed by atoms with Crippen LogP contribution in [0.3, 0.4) is 0 Å². The minimum absolute atomic E-state index is 0.292. The Kier molecular flexibility index (Phi) is 1.49. The van der Waals surface area contributed by atoms with Crippen LogP contribution in [0.15, 0.2) is 16.9 Å². The smallest absolute Gasteiger partial charge is 0.134 e. The SMILES string of the molecule is CC1(c2ncc(Br)cn2)CC1. The average Bonchev–Trinajstić information content (AvgIpc) is 2.70. The summed E-state index contributed by atoms with van der Waals surface area (Å²) in [4.78, 5) is 8.51. The number of nitrogens with zero attached hydrogens (tertiary/aromatic N) is 2. The monoisotopic (exact) mass is 212 g/mol. The maximum Gasteiger partial charge on any atom is 0.134 e. The minimum atomic E-state index is 0.292. The van der Waals surface area contributed by atoms with Crippen LogP contribution in [0, 0.1) is 0 Å². The van der Waals surface area contributed by atoms with Gasteiger partial charge in [0.2, 0.25) is 0 Å². The molecule has 3 heteroatoms. The summed E-state index contributed by atoms with van der Waals surface area (Å²) >= 11 is 3.31. The van der Waals surface area contributed by atoms with Gasteiger partial charge in [0.15, 0.2) is 0 Å². The second kappa shape index (κ2) is 2.27. The number of rotatable bonds is 1. The van der Waals surface area contributed by atoms with Gasteiger partial charge in [-0.25, -0.2) is 9.97 Å². The number of aromatic nitrogens is 2. The number of halogens is 1. The van der Waals surface area contributed by atoms with Crippen LogP contribution in [0.1, 0.15) is 25.6 Å². The van der Waals surface area contributed by atoms with E-state index in [1.54, 1.807) is 0 Å². The van der Waals surface area contributed by atoms with Gasteiger partial charge in [0, 0.05) is 17.8 Å². The van der Waals surface area contributed by atoms with Crippen LogP contribution in [-0.4, -0.2) is 9.97 Å². The van der Waals surface area contributed by atoms with E-state index in [9.17, 15) is 0 Å². The Balaban J connectivity index is 2.33. The van der Waals surface area contributed by atoms with E-state index in [1.165, 1.54) is 12.8 Å². The van der Waals surface area contributed by atoms with E-state index in [2.05, 4.69) is 32.8 Å².